The van der Waals surface area contributed by atoms with Crippen molar-refractivity contribution in [2.75, 3.05) is 23.4 Å². The van der Waals surface area contributed by atoms with E-state index in [1.54, 1.807) is 41.3 Å². The highest BCUT2D eigenvalue weighted by atomic mass is 19.1. The molecule has 34 heavy (non-hydrogen) atoms. The first-order valence-corrected chi connectivity index (χ1v) is 11.6. The van der Waals surface area contributed by atoms with E-state index in [1.165, 1.54) is 6.07 Å². The number of nitrogens with zero attached hydrogens (tertiary/aromatic N) is 4. The van der Waals surface area contributed by atoms with Crippen LogP contribution >= 0.6 is 0 Å². The number of nitrogens with one attached hydrogen (secondary N) is 1. The zero-order chi connectivity index (χ0) is 23.5. The average Bonchev–Trinajstić information content (AvgIpc) is 3.38. The van der Waals surface area contributed by atoms with E-state index in [4.69, 9.17) is 4.74 Å². The smallest absolute Gasteiger partial charge is 0.262 e. The van der Waals surface area contributed by atoms with Crippen LogP contribution in [0.4, 0.5) is 15.8 Å². The average molecular weight is 464 g/mol. The van der Waals surface area contributed by atoms with Crippen molar-refractivity contribution in [2.45, 2.75) is 45.1 Å². The number of aryl methyl sites for hydroxylation is 1. The van der Waals surface area contributed by atoms with Crippen LogP contribution in [0.2, 0.25) is 0 Å². The van der Waals surface area contributed by atoms with Crippen molar-refractivity contribution in [2.24, 2.45) is 0 Å². The Morgan fingerprint density at radius 2 is 1.85 bits per heavy atom. The fourth-order valence-corrected chi connectivity index (χ4v) is 4.44. The summed E-state index contributed by atoms with van der Waals surface area (Å²) in [6.45, 7) is 1.27. The lowest BCUT2D eigenvalue weighted by Gasteiger charge is -2.16. The number of benzene rings is 2. The molecule has 2 aliphatic rings. The van der Waals surface area contributed by atoms with Crippen LogP contribution in [0.25, 0.3) is 11.4 Å². The van der Waals surface area contributed by atoms with Crippen molar-refractivity contribution in [1.29, 1.82) is 0 Å². The van der Waals surface area contributed by atoms with Crippen LogP contribution in [-0.4, -0.2) is 39.7 Å². The van der Waals surface area contributed by atoms with Crippen molar-refractivity contribution in [3.05, 3.63) is 54.1 Å². The lowest BCUT2D eigenvalue weighted by molar-refractivity contribution is -0.118. The van der Waals surface area contributed by atoms with E-state index in [9.17, 15) is 14.0 Å². The molecule has 8 nitrogen and oxygen atoms in total. The SMILES string of the molecule is O=C(COc1ccc(N2CCCC2=O)cc1)Nc1cc(-c2nnc3n2CCCCC3)ccc1F. The number of anilines is 2. The maximum Gasteiger partial charge on any atom is 0.262 e. The van der Waals surface area contributed by atoms with Crippen molar-refractivity contribution in [1.82, 2.24) is 14.8 Å². The fraction of sp³-hybridized carbons (Fsp3) is 0.360. The second-order valence-corrected chi connectivity index (χ2v) is 8.58. The third kappa shape index (κ3) is 4.64. The summed E-state index contributed by atoms with van der Waals surface area (Å²) in [4.78, 5) is 26.0. The first kappa shape index (κ1) is 22.1. The molecule has 2 amide bonds. The number of amides is 2. The maximum atomic E-state index is 14.4. The summed E-state index contributed by atoms with van der Waals surface area (Å²) in [7, 11) is 0. The Kier molecular flexibility index (Phi) is 6.24. The van der Waals surface area contributed by atoms with Crippen LogP contribution in [0, 0.1) is 5.82 Å². The van der Waals surface area contributed by atoms with Gasteiger partial charge in [-0.25, -0.2) is 4.39 Å². The highest BCUT2D eigenvalue weighted by Gasteiger charge is 2.21. The van der Waals surface area contributed by atoms with Gasteiger partial charge in [-0.3, -0.25) is 9.59 Å². The molecule has 1 aromatic heterocycles. The number of hydrogen-bond donors (Lipinski definition) is 1. The van der Waals surface area contributed by atoms with E-state index in [-0.39, 0.29) is 18.2 Å². The number of aromatic nitrogens is 3. The van der Waals surface area contributed by atoms with Gasteiger partial charge in [0.2, 0.25) is 5.91 Å². The summed E-state index contributed by atoms with van der Waals surface area (Å²) in [5, 5.41) is 11.2. The standard InChI is InChI=1S/C25H26FN5O3/c26-20-12-7-17(25-29-28-22-5-2-1-3-13-31(22)25)15-21(20)27-23(32)16-34-19-10-8-18(9-11-19)30-14-4-6-24(30)33/h7-12,15H,1-6,13-14,16H2,(H,27,32). The summed E-state index contributed by atoms with van der Waals surface area (Å²) < 4.78 is 22.1. The second-order valence-electron chi connectivity index (χ2n) is 8.58. The molecule has 0 spiro atoms. The van der Waals surface area contributed by atoms with Gasteiger partial charge in [0.05, 0.1) is 5.69 Å². The van der Waals surface area contributed by atoms with Crippen molar-refractivity contribution >= 4 is 23.2 Å². The van der Waals surface area contributed by atoms with Crippen LogP contribution in [-0.2, 0) is 22.6 Å². The summed E-state index contributed by atoms with van der Waals surface area (Å²) in [6, 6.07) is 11.6. The third-order valence-electron chi connectivity index (χ3n) is 6.20. The molecular formula is C25H26FN5O3. The molecule has 5 rings (SSSR count). The molecule has 1 fully saturated rings. The topological polar surface area (TPSA) is 89.3 Å². The van der Waals surface area contributed by atoms with E-state index in [0.29, 0.717) is 30.1 Å². The van der Waals surface area contributed by atoms with Crippen LogP contribution in [0.3, 0.4) is 0 Å². The van der Waals surface area contributed by atoms with Gasteiger partial charge in [-0.15, -0.1) is 10.2 Å². The molecule has 3 heterocycles. The fourth-order valence-electron chi connectivity index (χ4n) is 4.44. The first-order chi connectivity index (χ1) is 16.6. The predicted molar refractivity (Wildman–Crippen MR) is 125 cm³/mol. The molecule has 3 aromatic rings. The summed E-state index contributed by atoms with van der Waals surface area (Å²) in [6.07, 6.45) is 5.58. The van der Waals surface area contributed by atoms with Crippen LogP contribution in [0.5, 0.6) is 5.75 Å². The van der Waals surface area contributed by atoms with E-state index < -0.39 is 11.7 Å². The monoisotopic (exact) mass is 463 g/mol. The van der Waals surface area contributed by atoms with Crippen LogP contribution in [0.15, 0.2) is 42.5 Å². The molecule has 0 saturated carbocycles. The molecule has 0 bridgehead atoms. The predicted octanol–water partition coefficient (Wildman–Crippen LogP) is 3.95. The molecule has 1 saturated heterocycles. The van der Waals surface area contributed by atoms with E-state index >= 15 is 0 Å². The maximum absolute atomic E-state index is 14.4. The van der Waals surface area contributed by atoms with Gasteiger partial charge in [0.25, 0.3) is 5.91 Å². The van der Waals surface area contributed by atoms with Crippen molar-refractivity contribution in [3.8, 4) is 17.1 Å². The number of ether oxygens (including phenoxy) is 1. The molecule has 176 valence electrons. The van der Waals surface area contributed by atoms with Gasteiger partial charge in [0.1, 0.15) is 17.4 Å². The Hall–Kier alpha value is -3.75. The Balaban J connectivity index is 1.23. The zero-order valence-corrected chi connectivity index (χ0v) is 18.8. The summed E-state index contributed by atoms with van der Waals surface area (Å²) in [5.41, 5.74) is 1.58. The molecule has 0 unspecified atom stereocenters. The lowest BCUT2D eigenvalue weighted by atomic mass is 10.1. The molecule has 2 aliphatic heterocycles. The number of rotatable bonds is 6. The summed E-state index contributed by atoms with van der Waals surface area (Å²) in [5.74, 6) is 1.21. The molecule has 1 N–H and O–H groups in total. The molecule has 2 aromatic carbocycles. The number of carbonyl (C=O) groups is 2. The number of hydrogen-bond acceptors (Lipinski definition) is 5. The zero-order valence-electron chi connectivity index (χ0n) is 18.8. The molecule has 9 heteroatoms. The Morgan fingerprint density at radius 1 is 1.00 bits per heavy atom. The van der Waals surface area contributed by atoms with Gasteiger partial charge < -0.3 is 19.5 Å². The normalized spacial score (nSPS) is 15.7. The number of halogens is 1. The molecule has 0 atom stereocenters. The number of carbonyl (C=O) groups excluding carboxylic acids is 2. The van der Waals surface area contributed by atoms with Gasteiger partial charge >= 0.3 is 0 Å². The summed E-state index contributed by atoms with van der Waals surface area (Å²) >= 11 is 0. The quantitative estimate of drug-likeness (QED) is 0.598. The Labute approximate surface area is 196 Å². The Morgan fingerprint density at radius 3 is 2.65 bits per heavy atom. The second kappa shape index (κ2) is 9.62. The highest BCUT2D eigenvalue weighted by molar-refractivity contribution is 5.95. The number of fused-ring (bicyclic) bond motifs is 1. The van der Waals surface area contributed by atoms with Crippen LogP contribution in [0.1, 0.15) is 37.9 Å². The minimum Gasteiger partial charge on any atom is -0.484 e. The van der Waals surface area contributed by atoms with Crippen molar-refractivity contribution < 1.29 is 18.7 Å². The van der Waals surface area contributed by atoms with Crippen LogP contribution < -0.4 is 15.0 Å². The first-order valence-electron chi connectivity index (χ1n) is 11.6. The van der Waals surface area contributed by atoms with Gasteiger partial charge in [-0.2, -0.15) is 0 Å². The van der Waals surface area contributed by atoms with Crippen molar-refractivity contribution in [3.63, 3.8) is 0 Å². The van der Waals surface area contributed by atoms with E-state index in [0.717, 1.165) is 50.2 Å². The van der Waals surface area contributed by atoms with Gasteiger partial charge in [0, 0.05) is 37.2 Å². The van der Waals surface area contributed by atoms with Gasteiger partial charge in [0.15, 0.2) is 12.4 Å². The third-order valence-corrected chi connectivity index (χ3v) is 6.20. The lowest BCUT2D eigenvalue weighted by Crippen LogP contribution is -2.23. The minimum absolute atomic E-state index is 0.0694. The molecular weight excluding hydrogens is 437 g/mol. The van der Waals surface area contributed by atoms with E-state index in [2.05, 4.69) is 20.1 Å². The van der Waals surface area contributed by atoms with E-state index in [1.807, 2.05) is 0 Å². The Bertz CT molecular complexity index is 1210. The molecule has 0 aliphatic carbocycles. The minimum atomic E-state index is -0.535. The van der Waals surface area contributed by atoms with Gasteiger partial charge in [-0.1, -0.05) is 6.42 Å². The largest absolute Gasteiger partial charge is 0.484 e. The highest BCUT2D eigenvalue weighted by Crippen LogP contribution is 2.27. The molecule has 0 radical (unpaired) electrons. The van der Waals surface area contributed by atoms with Gasteiger partial charge in [-0.05, 0) is 61.7 Å².